The van der Waals surface area contributed by atoms with E-state index in [0.717, 1.165) is 44.3 Å². The van der Waals surface area contributed by atoms with Crippen LogP contribution in [0.3, 0.4) is 0 Å². The number of aromatic nitrogens is 2. The molecule has 5 nitrogen and oxygen atoms in total. The Morgan fingerprint density at radius 2 is 1.32 bits per heavy atom. The lowest BCUT2D eigenvalue weighted by Crippen LogP contribution is -2.35. The van der Waals surface area contributed by atoms with Crippen molar-refractivity contribution in [2.24, 2.45) is 5.92 Å². The highest BCUT2D eigenvalue weighted by Gasteiger charge is 2.40. The molecule has 0 bridgehead atoms. The Morgan fingerprint density at radius 3 is 1.86 bits per heavy atom. The topological polar surface area (TPSA) is 55.2 Å². The van der Waals surface area contributed by atoms with Gasteiger partial charge in [-0.3, -0.25) is 14.5 Å². The maximum atomic E-state index is 13.2. The fourth-order valence-electron chi connectivity index (χ4n) is 5.73. The Bertz CT molecular complexity index is 744. The Labute approximate surface area is 228 Å². The van der Waals surface area contributed by atoms with E-state index in [9.17, 15) is 9.59 Å². The van der Waals surface area contributed by atoms with Gasteiger partial charge < -0.3 is 4.57 Å². The van der Waals surface area contributed by atoms with Gasteiger partial charge in [-0.25, -0.2) is 4.98 Å². The molecule has 0 radical (unpaired) electrons. The van der Waals surface area contributed by atoms with Gasteiger partial charge in [0, 0.05) is 25.4 Å². The maximum Gasteiger partial charge on any atom is 0.252 e. The van der Waals surface area contributed by atoms with E-state index < -0.39 is 6.04 Å². The van der Waals surface area contributed by atoms with Crippen LogP contribution >= 0.6 is 0 Å². The molecule has 2 atom stereocenters. The lowest BCUT2D eigenvalue weighted by atomic mass is 9.99. The zero-order chi connectivity index (χ0) is 26.7. The lowest BCUT2D eigenvalue weighted by molar-refractivity contribution is -0.140. The zero-order valence-corrected chi connectivity index (χ0v) is 24.5. The van der Waals surface area contributed by atoms with Gasteiger partial charge in [0.1, 0.15) is 11.9 Å². The molecule has 0 aliphatic carbocycles. The fourth-order valence-corrected chi connectivity index (χ4v) is 5.73. The molecule has 1 aliphatic rings. The zero-order valence-electron chi connectivity index (χ0n) is 24.5. The number of rotatable bonds is 23. The number of aryl methyl sites for hydroxylation is 1. The Morgan fingerprint density at radius 1 is 0.784 bits per heavy atom. The standard InChI is InChI=1S/C32H57N3O2/c1-4-7-9-10-11-12-13-14-15-16-17-18-19-20-21-23-30-33-24-25-34(30)29-26-31(36)35(32(29)37)27-28(6-3)22-8-5-2/h24-25,28-29H,4-23,26-27H2,1-3H3. The second kappa shape index (κ2) is 19.4. The van der Waals surface area contributed by atoms with E-state index in [1.807, 2.05) is 10.8 Å². The van der Waals surface area contributed by atoms with Gasteiger partial charge in [-0.1, -0.05) is 130 Å². The molecule has 5 heteroatoms. The van der Waals surface area contributed by atoms with Crippen molar-refractivity contribution in [3.8, 4) is 0 Å². The molecule has 2 amide bonds. The normalized spacial score (nSPS) is 16.7. The second-order valence-electron chi connectivity index (χ2n) is 11.4. The van der Waals surface area contributed by atoms with Crippen molar-refractivity contribution in [2.45, 2.75) is 162 Å². The first-order valence-electron chi connectivity index (χ1n) is 16.0. The molecule has 1 aliphatic heterocycles. The van der Waals surface area contributed by atoms with Crippen LogP contribution in [0.5, 0.6) is 0 Å². The number of hydrogen-bond acceptors (Lipinski definition) is 3. The number of likely N-dealkylation sites (tertiary alicyclic amines) is 1. The minimum atomic E-state index is -0.398. The van der Waals surface area contributed by atoms with Crippen LogP contribution < -0.4 is 0 Å². The fraction of sp³-hybridized carbons (Fsp3) is 0.844. The lowest BCUT2D eigenvalue weighted by Gasteiger charge is -2.22. The van der Waals surface area contributed by atoms with E-state index in [1.165, 1.54) is 94.8 Å². The summed E-state index contributed by atoms with van der Waals surface area (Å²) in [6, 6.07) is -0.398. The number of imide groups is 1. The molecular weight excluding hydrogens is 458 g/mol. The van der Waals surface area contributed by atoms with Crippen LogP contribution in [0.25, 0.3) is 0 Å². The molecule has 2 heterocycles. The maximum absolute atomic E-state index is 13.2. The van der Waals surface area contributed by atoms with Crippen molar-refractivity contribution in [3.05, 3.63) is 18.2 Å². The molecule has 1 saturated heterocycles. The SMILES string of the molecule is CCCCCCCCCCCCCCCCCc1nccn1C1CC(=O)N(CC(CC)CCCC)C1=O. The minimum absolute atomic E-state index is 0.0171. The van der Waals surface area contributed by atoms with Gasteiger partial charge in [-0.05, 0) is 18.8 Å². The highest BCUT2D eigenvalue weighted by Crippen LogP contribution is 2.28. The van der Waals surface area contributed by atoms with Crippen LogP contribution in [0.4, 0.5) is 0 Å². The van der Waals surface area contributed by atoms with Gasteiger partial charge in [-0.2, -0.15) is 0 Å². The summed E-state index contributed by atoms with van der Waals surface area (Å²) in [6.45, 7) is 7.21. The quantitative estimate of drug-likeness (QED) is 0.108. The summed E-state index contributed by atoms with van der Waals surface area (Å²) in [5, 5.41) is 0. The van der Waals surface area contributed by atoms with Crippen LogP contribution in [0.2, 0.25) is 0 Å². The van der Waals surface area contributed by atoms with E-state index >= 15 is 0 Å². The Balaban J connectivity index is 1.59. The van der Waals surface area contributed by atoms with Crippen molar-refractivity contribution in [1.29, 1.82) is 0 Å². The van der Waals surface area contributed by atoms with Crippen LogP contribution in [0.1, 0.15) is 161 Å². The molecular formula is C32H57N3O2. The summed E-state index contributed by atoms with van der Waals surface area (Å²) in [7, 11) is 0. The van der Waals surface area contributed by atoms with Crippen LogP contribution in [0.15, 0.2) is 12.4 Å². The second-order valence-corrected chi connectivity index (χ2v) is 11.4. The number of imidazole rings is 1. The van der Waals surface area contributed by atoms with Gasteiger partial charge >= 0.3 is 0 Å². The van der Waals surface area contributed by atoms with E-state index in [1.54, 1.807) is 6.20 Å². The van der Waals surface area contributed by atoms with Gasteiger partial charge in [0.25, 0.3) is 5.91 Å². The molecule has 1 aromatic rings. The minimum Gasteiger partial charge on any atom is -0.322 e. The predicted molar refractivity (Wildman–Crippen MR) is 155 cm³/mol. The van der Waals surface area contributed by atoms with Crippen LogP contribution in [0, 0.1) is 5.92 Å². The van der Waals surface area contributed by atoms with Crippen molar-refractivity contribution in [1.82, 2.24) is 14.5 Å². The van der Waals surface area contributed by atoms with Gasteiger partial charge in [0.2, 0.25) is 5.91 Å². The number of unbranched alkanes of at least 4 members (excludes halogenated alkanes) is 15. The van der Waals surface area contributed by atoms with Crippen molar-refractivity contribution in [3.63, 3.8) is 0 Å². The predicted octanol–water partition coefficient (Wildman–Crippen LogP) is 8.81. The first kappa shape index (κ1) is 31.6. The van der Waals surface area contributed by atoms with Gasteiger partial charge in [0.05, 0.1) is 6.42 Å². The summed E-state index contributed by atoms with van der Waals surface area (Å²) in [4.78, 5) is 31.9. The average molecular weight is 516 g/mol. The third kappa shape index (κ3) is 11.7. The first-order chi connectivity index (χ1) is 18.1. The van der Waals surface area contributed by atoms with Crippen molar-refractivity contribution in [2.75, 3.05) is 6.54 Å². The molecule has 1 aromatic heterocycles. The summed E-state index contributed by atoms with van der Waals surface area (Å²) >= 11 is 0. The van der Waals surface area contributed by atoms with E-state index in [0.29, 0.717) is 12.5 Å². The number of hydrogen-bond donors (Lipinski definition) is 0. The highest BCUT2D eigenvalue weighted by atomic mass is 16.2. The number of amides is 2. The smallest absolute Gasteiger partial charge is 0.252 e. The largest absolute Gasteiger partial charge is 0.322 e. The summed E-state index contributed by atoms with van der Waals surface area (Å²) in [6.07, 6.45) is 29.6. The highest BCUT2D eigenvalue weighted by molar-refractivity contribution is 6.04. The molecule has 212 valence electrons. The van der Waals surface area contributed by atoms with Gasteiger partial charge in [-0.15, -0.1) is 0 Å². The monoisotopic (exact) mass is 515 g/mol. The summed E-state index contributed by atoms with van der Waals surface area (Å²) < 4.78 is 1.98. The number of carbonyl (C=O) groups excluding carboxylic acids is 2. The molecule has 2 rings (SSSR count). The van der Waals surface area contributed by atoms with E-state index in [-0.39, 0.29) is 18.2 Å². The summed E-state index contributed by atoms with van der Waals surface area (Å²) in [5.41, 5.74) is 0. The summed E-state index contributed by atoms with van der Waals surface area (Å²) in [5.74, 6) is 1.32. The van der Waals surface area contributed by atoms with Crippen LogP contribution in [-0.4, -0.2) is 32.8 Å². The average Bonchev–Trinajstić information content (AvgIpc) is 3.47. The first-order valence-corrected chi connectivity index (χ1v) is 16.0. The molecule has 2 unspecified atom stereocenters. The molecule has 0 spiro atoms. The van der Waals surface area contributed by atoms with Gasteiger partial charge in [0.15, 0.2) is 0 Å². The van der Waals surface area contributed by atoms with E-state index in [4.69, 9.17) is 0 Å². The molecule has 0 aromatic carbocycles. The third-order valence-electron chi connectivity index (χ3n) is 8.29. The van der Waals surface area contributed by atoms with Crippen molar-refractivity contribution < 1.29 is 9.59 Å². The molecule has 1 fully saturated rings. The molecule has 0 saturated carbocycles. The Kier molecular flexibility index (Phi) is 16.6. The third-order valence-corrected chi connectivity index (χ3v) is 8.29. The van der Waals surface area contributed by atoms with Crippen LogP contribution in [-0.2, 0) is 16.0 Å². The van der Waals surface area contributed by atoms with E-state index in [2.05, 4.69) is 25.8 Å². The number of carbonyl (C=O) groups is 2. The molecule has 0 N–H and O–H groups in total. The van der Waals surface area contributed by atoms with Crippen molar-refractivity contribution >= 4 is 11.8 Å². The number of nitrogens with zero attached hydrogens (tertiary/aromatic N) is 3. The Hall–Kier alpha value is -1.65. The molecule has 37 heavy (non-hydrogen) atoms.